The standard InChI is InChI=1S/C6H13FO3/c7-2-1-6(10)5(3-8)4-9/h5-6,8-10H,1-4H2. The third-order valence-electron chi connectivity index (χ3n) is 1.42. The monoisotopic (exact) mass is 152 g/mol. The van der Waals surface area contributed by atoms with E-state index in [-0.39, 0.29) is 19.6 Å². The lowest BCUT2D eigenvalue weighted by Crippen LogP contribution is -2.27. The summed E-state index contributed by atoms with van der Waals surface area (Å²) >= 11 is 0. The van der Waals surface area contributed by atoms with Gasteiger partial charge in [0.25, 0.3) is 0 Å². The molecule has 10 heavy (non-hydrogen) atoms. The van der Waals surface area contributed by atoms with Gasteiger partial charge in [0, 0.05) is 12.3 Å². The Balaban J connectivity index is 3.53. The van der Waals surface area contributed by atoms with Crippen molar-refractivity contribution in [1.82, 2.24) is 0 Å². The van der Waals surface area contributed by atoms with E-state index in [0.717, 1.165) is 0 Å². The lowest BCUT2D eigenvalue weighted by molar-refractivity contribution is 0.0239. The van der Waals surface area contributed by atoms with Gasteiger partial charge in [0.2, 0.25) is 0 Å². The molecule has 0 saturated carbocycles. The van der Waals surface area contributed by atoms with E-state index in [4.69, 9.17) is 15.3 Å². The molecule has 0 bridgehead atoms. The maximum atomic E-state index is 11.6. The summed E-state index contributed by atoms with van der Waals surface area (Å²) in [5.41, 5.74) is 0. The van der Waals surface area contributed by atoms with Gasteiger partial charge in [-0.1, -0.05) is 0 Å². The highest BCUT2D eigenvalue weighted by Gasteiger charge is 2.16. The number of hydrogen-bond acceptors (Lipinski definition) is 3. The molecule has 0 saturated heterocycles. The smallest absolute Gasteiger partial charge is 0.0919 e. The van der Waals surface area contributed by atoms with E-state index in [2.05, 4.69) is 0 Å². The van der Waals surface area contributed by atoms with E-state index in [9.17, 15) is 4.39 Å². The van der Waals surface area contributed by atoms with Crippen LogP contribution in [0.5, 0.6) is 0 Å². The molecular formula is C6H13FO3. The van der Waals surface area contributed by atoms with Gasteiger partial charge < -0.3 is 15.3 Å². The van der Waals surface area contributed by atoms with Crippen LogP contribution in [0.15, 0.2) is 0 Å². The molecule has 0 spiro atoms. The summed E-state index contributed by atoms with van der Waals surface area (Å²) in [5.74, 6) is -0.601. The quantitative estimate of drug-likeness (QED) is 0.488. The molecule has 0 radical (unpaired) electrons. The van der Waals surface area contributed by atoms with Crippen LogP contribution in [0.2, 0.25) is 0 Å². The third-order valence-corrected chi connectivity index (χ3v) is 1.42. The van der Waals surface area contributed by atoms with Crippen LogP contribution in [-0.2, 0) is 0 Å². The van der Waals surface area contributed by atoms with E-state index in [1.807, 2.05) is 0 Å². The SMILES string of the molecule is OCC(CO)C(O)CCF. The van der Waals surface area contributed by atoms with E-state index >= 15 is 0 Å². The minimum Gasteiger partial charge on any atom is -0.396 e. The molecule has 0 aromatic carbocycles. The number of hydrogen-bond donors (Lipinski definition) is 3. The summed E-state index contributed by atoms with van der Waals surface area (Å²) < 4.78 is 11.6. The molecule has 0 aliphatic carbocycles. The predicted molar refractivity (Wildman–Crippen MR) is 34.3 cm³/mol. The molecule has 1 unspecified atom stereocenters. The van der Waals surface area contributed by atoms with Crippen LogP contribution in [0.3, 0.4) is 0 Å². The summed E-state index contributed by atoms with van der Waals surface area (Å²) in [6, 6.07) is 0. The molecule has 62 valence electrons. The maximum absolute atomic E-state index is 11.6. The zero-order chi connectivity index (χ0) is 7.98. The van der Waals surface area contributed by atoms with Crippen LogP contribution in [0.4, 0.5) is 4.39 Å². The highest BCUT2D eigenvalue weighted by Crippen LogP contribution is 2.05. The van der Waals surface area contributed by atoms with Crippen LogP contribution in [-0.4, -0.2) is 41.3 Å². The lowest BCUT2D eigenvalue weighted by atomic mass is 10.0. The zero-order valence-electron chi connectivity index (χ0n) is 5.70. The van der Waals surface area contributed by atoms with Crippen molar-refractivity contribution in [2.24, 2.45) is 5.92 Å². The fourth-order valence-electron chi connectivity index (χ4n) is 0.649. The fraction of sp³-hybridized carbons (Fsp3) is 1.00. The van der Waals surface area contributed by atoms with Crippen LogP contribution < -0.4 is 0 Å². The van der Waals surface area contributed by atoms with Crippen LogP contribution in [0.1, 0.15) is 6.42 Å². The van der Waals surface area contributed by atoms with Gasteiger partial charge in [-0.15, -0.1) is 0 Å². The van der Waals surface area contributed by atoms with Gasteiger partial charge in [0.05, 0.1) is 26.0 Å². The minimum absolute atomic E-state index is 0.0220. The largest absolute Gasteiger partial charge is 0.396 e. The van der Waals surface area contributed by atoms with Gasteiger partial charge >= 0.3 is 0 Å². The zero-order valence-corrected chi connectivity index (χ0v) is 5.70. The van der Waals surface area contributed by atoms with Gasteiger partial charge in [0.1, 0.15) is 0 Å². The number of halogens is 1. The molecule has 0 rings (SSSR count). The fourth-order valence-corrected chi connectivity index (χ4v) is 0.649. The number of aliphatic hydroxyl groups excluding tert-OH is 3. The summed E-state index contributed by atoms with van der Waals surface area (Å²) in [4.78, 5) is 0. The number of alkyl halides is 1. The maximum Gasteiger partial charge on any atom is 0.0919 e. The van der Waals surface area contributed by atoms with Gasteiger partial charge in [-0.2, -0.15) is 0 Å². The van der Waals surface area contributed by atoms with Gasteiger partial charge in [0.15, 0.2) is 0 Å². The van der Waals surface area contributed by atoms with E-state index in [1.165, 1.54) is 0 Å². The molecule has 1 atom stereocenters. The van der Waals surface area contributed by atoms with Crippen molar-refractivity contribution in [3.8, 4) is 0 Å². The molecule has 3 nitrogen and oxygen atoms in total. The molecule has 0 aliphatic rings. The van der Waals surface area contributed by atoms with E-state index < -0.39 is 18.7 Å². The van der Waals surface area contributed by atoms with E-state index in [0.29, 0.717) is 0 Å². The van der Waals surface area contributed by atoms with Crippen molar-refractivity contribution < 1.29 is 19.7 Å². The third kappa shape index (κ3) is 3.10. The van der Waals surface area contributed by atoms with Gasteiger partial charge in [-0.3, -0.25) is 4.39 Å². The highest BCUT2D eigenvalue weighted by atomic mass is 19.1. The first kappa shape index (κ1) is 9.81. The minimum atomic E-state index is -0.931. The normalized spacial score (nSPS) is 14.1. The first-order valence-electron chi connectivity index (χ1n) is 3.22. The molecule has 0 aliphatic heterocycles. The number of rotatable bonds is 5. The average molecular weight is 152 g/mol. The van der Waals surface area contributed by atoms with E-state index in [1.54, 1.807) is 0 Å². The van der Waals surface area contributed by atoms with Crippen LogP contribution >= 0.6 is 0 Å². The first-order chi connectivity index (χ1) is 4.76. The second-order valence-corrected chi connectivity index (χ2v) is 2.17. The molecule has 0 aromatic rings. The Bertz CT molecular complexity index is 75.4. The van der Waals surface area contributed by atoms with Crippen molar-refractivity contribution in [3.63, 3.8) is 0 Å². The Morgan fingerprint density at radius 1 is 1.20 bits per heavy atom. The molecule has 0 fully saturated rings. The molecule has 0 aromatic heterocycles. The lowest BCUT2D eigenvalue weighted by Gasteiger charge is -2.16. The second-order valence-electron chi connectivity index (χ2n) is 2.17. The summed E-state index contributed by atoms with van der Waals surface area (Å²) in [5, 5.41) is 25.9. The van der Waals surface area contributed by atoms with Gasteiger partial charge in [-0.05, 0) is 0 Å². The molecule has 0 heterocycles. The first-order valence-corrected chi connectivity index (χ1v) is 3.22. The van der Waals surface area contributed by atoms with Crippen LogP contribution in [0.25, 0.3) is 0 Å². The summed E-state index contributed by atoms with van der Waals surface area (Å²) in [7, 11) is 0. The molecule has 4 heteroatoms. The Kier molecular flexibility index (Phi) is 5.48. The molecule has 3 N–H and O–H groups in total. The summed E-state index contributed by atoms with van der Waals surface area (Å²) in [6.45, 7) is -1.24. The summed E-state index contributed by atoms with van der Waals surface area (Å²) in [6.07, 6.45) is -0.953. The molecular weight excluding hydrogens is 139 g/mol. The number of aliphatic hydroxyl groups is 3. The van der Waals surface area contributed by atoms with Crippen LogP contribution in [0, 0.1) is 5.92 Å². The molecule has 0 amide bonds. The highest BCUT2D eigenvalue weighted by molar-refractivity contribution is 4.65. The average Bonchev–Trinajstić information content (AvgIpc) is 1.91. The second kappa shape index (κ2) is 5.58. The van der Waals surface area contributed by atoms with Crippen molar-refractivity contribution in [3.05, 3.63) is 0 Å². The Morgan fingerprint density at radius 3 is 2.00 bits per heavy atom. The Labute approximate surface area is 59.1 Å². The van der Waals surface area contributed by atoms with Crippen molar-refractivity contribution in [1.29, 1.82) is 0 Å². The Morgan fingerprint density at radius 2 is 1.70 bits per heavy atom. The Hall–Kier alpha value is -0.190. The topological polar surface area (TPSA) is 60.7 Å². The predicted octanol–water partition coefficient (Wildman–Crippen LogP) is -0.692. The van der Waals surface area contributed by atoms with Crippen molar-refractivity contribution in [2.75, 3.05) is 19.9 Å². The van der Waals surface area contributed by atoms with Crippen molar-refractivity contribution >= 4 is 0 Å². The van der Waals surface area contributed by atoms with Crippen molar-refractivity contribution in [2.45, 2.75) is 12.5 Å². The van der Waals surface area contributed by atoms with Gasteiger partial charge in [-0.25, -0.2) is 0 Å².